The first kappa shape index (κ1) is 10.2. The van der Waals surface area contributed by atoms with Gasteiger partial charge < -0.3 is 5.02 Å². The molecule has 0 amide bonds. The molecule has 2 heteroatoms. The third-order valence-corrected chi connectivity index (χ3v) is 1.25. The van der Waals surface area contributed by atoms with Crippen molar-refractivity contribution in [2.75, 3.05) is 0 Å². The maximum Gasteiger partial charge on any atom is 0.318 e. The van der Waals surface area contributed by atoms with Crippen molar-refractivity contribution in [2.24, 2.45) is 0 Å². The first-order valence-electron chi connectivity index (χ1n) is 3.82. The minimum Gasteiger partial charge on any atom is -0.450 e. The molecule has 0 saturated carbocycles. The van der Waals surface area contributed by atoms with E-state index in [-0.39, 0.29) is 0 Å². The topological polar surface area (TPSA) is 20.2 Å². The van der Waals surface area contributed by atoms with Gasteiger partial charge in [0, 0.05) is 0 Å². The van der Waals surface area contributed by atoms with Crippen LogP contribution in [0.5, 0.6) is 0 Å². The molecule has 0 bridgehead atoms. The number of hydrogen-bond acceptors (Lipinski definition) is 1. The van der Waals surface area contributed by atoms with Crippen LogP contribution < -0.4 is 0 Å². The highest BCUT2D eigenvalue weighted by molar-refractivity contribution is 6.32. The van der Waals surface area contributed by atoms with E-state index < -0.39 is 0 Å². The Morgan fingerprint density at radius 3 is 2.64 bits per heavy atom. The van der Waals surface area contributed by atoms with Crippen LogP contribution in [0.15, 0.2) is 35.9 Å². The molecular weight excluding hydrogens is 135 g/mol. The van der Waals surface area contributed by atoms with Crippen molar-refractivity contribution in [1.82, 2.24) is 0 Å². The summed E-state index contributed by atoms with van der Waals surface area (Å²) >= 11 is 0. The van der Waals surface area contributed by atoms with Gasteiger partial charge in [0.25, 0.3) is 0 Å². The molecule has 0 rings (SSSR count). The van der Waals surface area contributed by atoms with E-state index in [9.17, 15) is 0 Å². The van der Waals surface area contributed by atoms with Gasteiger partial charge in [-0.25, -0.2) is 0 Å². The van der Waals surface area contributed by atoms with E-state index in [0.29, 0.717) is 0 Å². The maximum absolute atomic E-state index is 8.37. The van der Waals surface area contributed by atoms with Crippen LogP contribution in [-0.4, -0.2) is 12.5 Å². The fourth-order valence-corrected chi connectivity index (χ4v) is 0.656. The van der Waals surface area contributed by atoms with E-state index in [1.165, 1.54) is 0 Å². The lowest BCUT2D eigenvalue weighted by Crippen LogP contribution is -1.78. The van der Waals surface area contributed by atoms with Gasteiger partial charge >= 0.3 is 7.48 Å². The van der Waals surface area contributed by atoms with Gasteiger partial charge in [-0.15, -0.1) is 0 Å². The molecule has 1 radical (unpaired) electrons. The SMILES string of the molecule is C/C=C(\C=C/CC)/C=C/[B]O. The van der Waals surface area contributed by atoms with Crippen LogP contribution in [0.3, 0.4) is 0 Å². The average molecular weight is 149 g/mol. The number of rotatable bonds is 4. The molecule has 0 aromatic carbocycles. The van der Waals surface area contributed by atoms with Crippen LogP contribution in [0.2, 0.25) is 0 Å². The Hall–Kier alpha value is -0.755. The van der Waals surface area contributed by atoms with Gasteiger partial charge in [-0.2, -0.15) is 0 Å². The molecule has 0 atom stereocenters. The Morgan fingerprint density at radius 2 is 2.18 bits per heavy atom. The van der Waals surface area contributed by atoms with Crippen LogP contribution in [0.4, 0.5) is 0 Å². The lowest BCUT2D eigenvalue weighted by molar-refractivity contribution is 0.614. The zero-order valence-electron chi connectivity index (χ0n) is 7.12. The van der Waals surface area contributed by atoms with Gasteiger partial charge in [0.2, 0.25) is 0 Å². The second-order valence-corrected chi connectivity index (χ2v) is 2.11. The summed E-state index contributed by atoms with van der Waals surface area (Å²) in [6.07, 6.45) is 8.99. The van der Waals surface area contributed by atoms with Crippen LogP contribution in [0, 0.1) is 0 Å². The summed E-state index contributed by atoms with van der Waals surface area (Å²) in [6, 6.07) is 0. The van der Waals surface area contributed by atoms with Crippen molar-refractivity contribution in [2.45, 2.75) is 20.3 Å². The second kappa shape index (κ2) is 7.35. The molecule has 0 heterocycles. The average Bonchev–Trinajstić information content (AvgIpc) is 2.05. The number of hydrogen-bond donors (Lipinski definition) is 1. The molecule has 0 aromatic rings. The Balaban J connectivity index is 3.98. The first-order valence-corrected chi connectivity index (χ1v) is 3.82. The van der Waals surface area contributed by atoms with Gasteiger partial charge in [-0.3, -0.25) is 0 Å². The molecule has 0 aliphatic heterocycles. The van der Waals surface area contributed by atoms with Crippen molar-refractivity contribution in [3.8, 4) is 0 Å². The van der Waals surface area contributed by atoms with E-state index in [4.69, 9.17) is 5.02 Å². The van der Waals surface area contributed by atoms with E-state index in [2.05, 4.69) is 13.0 Å². The summed E-state index contributed by atoms with van der Waals surface area (Å²) in [6.45, 7) is 4.06. The largest absolute Gasteiger partial charge is 0.450 e. The molecular formula is C9H14BO. The predicted octanol–water partition coefficient (Wildman–Crippen LogP) is 2.02. The van der Waals surface area contributed by atoms with Crippen LogP contribution in [-0.2, 0) is 0 Å². The summed E-state index contributed by atoms with van der Waals surface area (Å²) < 4.78 is 0. The van der Waals surface area contributed by atoms with Gasteiger partial charge in [-0.05, 0) is 18.9 Å². The lowest BCUT2D eigenvalue weighted by atomic mass is 10.0. The molecule has 1 nitrogen and oxygen atoms in total. The molecule has 11 heavy (non-hydrogen) atoms. The van der Waals surface area contributed by atoms with Crippen LogP contribution >= 0.6 is 0 Å². The smallest absolute Gasteiger partial charge is 0.318 e. The van der Waals surface area contributed by atoms with Crippen LogP contribution in [0.1, 0.15) is 20.3 Å². The van der Waals surface area contributed by atoms with Crippen molar-refractivity contribution < 1.29 is 5.02 Å². The molecule has 0 aromatic heterocycles. The first-order chi connectivity index (χ1) is 5.35. The molecule has 0 fully saturated rings. The van der Waals surface area contributed by atoms with Gasteiger partial charge in [-0.1, -0.05) is 37.2 Å². The third-order valence-electron chi connectivity index (χ3n) is 1.25. The zero-order chi connectivity index (χ0) is 8.53. The Labute approximate surface area is 69.4 Å². The zero-order valence-corrected chi connectivity index (χ0v) is 7.12. The second-order valence-electron chi connectivity index (χ2n) is 2.11. The molecule has 0 aliphatic carbocycles. The van der Waals surface area contributed by atoms with Crippen molar-refractivity contribution in [3.05, 3.63) is 35.9 Å². The molecule has 0 unspecified atom stereocenters. The summed E-state index contributed by atoms with van der Waals surface area (Å²) in [5.41, 5.74) is 1.11. The molecule has 0 aliphatic rings. The maximum atomic E-state index is 8.37. The Bertz CT molecular complexity index is 152. The highest BCUT2D eigenvalue weighted by Crippen LogP contribution is 1.99. The van der Waals surface area contributed by atoms with Crippen molar-refractivity contribution in [3.63, 3.8) is 0 Å². The molecule has 1 N–H and O–H groups in total. The molecule has 0 saturated heterocycles. The molecule has 0 spiro atoms. The predicted molar refractivity (Wildman–Crippen MR) is 50.3 cm³/mol. The number of allylic oxidation sites excluding steroid dienone is 5. The Kier molecular flexibility index (Phi) is 6.85. The normalized spacial score (nSPS) is 13.2. The monoisotopic (exact) mass is 149 g/mol. The summed E-state index contributed by atoms with van der Waals surface area (Å²) in [5.74, 6) is 1.61. The summed E-state index contributed by atoms with van der Waals surface area (Å²) in [4.78, 5) is 0. The lowest BCUT2D eigenvalue weighted by Gasteiger charge is -1.89. The van der Waals surface area contributed by atoms with Gasteiger partial charge in [0.1, 0.15) is 0 Å². The highest BCUT2D eigenvalue weighted by atomic mass is 16.2. The third kappa shape index (κ3) is 5.68. The van der Waals surface area contributed by atoms with Gasteiger partial charge in [0.05, 0.1) is 0 Å². The fourth-order valence-electron chi connectivity index (χ4n) is 0.656. The fraction of sp³-hybridized carbons (Fsp3) is 0.333. The highest BCUT2D eigenvalue weighted by Gasteiger charge is 1.81. The minimum absolute atomic E-state index is 1.03. The van der Waals surface area contributed by atoms with Crippen molar-refractivity contribution in [1.29, 1.82) is 0 Å². The van der Waals surface area contributed by atoms with Crippen molar-refractivity contribution >= 4 is 7.48 Å². The molecule has 59 valence electrons. The van der Waals surface area contributed by atoms with E-state index in [1.54, 1.807) is 5.98 Å². The standard InChI is InChI=1S/C9H14BO/c1-3-5-6-9(4-2)7-8-10-11/h4-8,11H,3H2,1-2H3/b6-5-,8-7+,9-4+. The van der Waals surface area contributed by atoms with E-state index >= 15 is 0 Å². The van der Waals surface area contributed by atoms with E-state index in [0.717, 1.165) is 19.5 Å². The quantitative estimate of drug-likeness (QED) is 0.478. The van der Waals surface area contributed by atoms with Gasteiger partial charge in [0.15, 0.2) is 0 Å². The minimum atomic E-state index is 1.03. The Morgan fingerprint density at radius 1 is 1.45 bits per heavy atom. The van der Waals surface area contributed by atoms with Crippen LogP contribution in [0.25, 0.3) is 0 Å². The summed E-state index contributed by atoms with van der Waals surface area (Å²) in [5, 5.41) is 8.37. The van der Waals surface area contributed by atoms with E-state index in [1.807, 2.05) is 25.2 Å². The summed E-state index contributed by atoms with van der Waals surface area (Å²) in [7, 11) is 1.03.